The molecule has 2 aromatic rings. The largest absolute Gasteiger partial charge is 0.387 e. The lowest BCUT2D eigenvalue weighted by atomic mass is 9.88. The van der Waals surface area contributed by atoms with E-state index in [1.54, 1.807) is 12.1 Å². The van der Waals surface area contributed by atoms with Crippen LogP contribution in [0.2, 0.25) is 0 Å². The van der Waals surface area contributed by atoms with E-state index < -0.39 is 6.10 Å². The molecule has 1 unspecified atom stereocenters. The number of halogens is 1. The van der Waals surface area contributed by atoms with Gasteiger partial charge in [-0.2, -0.15) is 0 Å². The van der Waals surface area contributed by atoms with Crippen molar-refractivity contribution in [1.29, 1.82) is 0 Å². The van der Waals surface area contributed by atoms with Gasteiger partial charge in [0, 0.05) is 18.0 Å². The van der Waals surface area contributed by atoms with Crippen LogP contribution in [0.25, 0.3) is 0 Å². The van der Waals surface area contributed by atoms with Crippen LogP contribution in [0.5, 0.6) is 0 Å². The lowest BCUT2D eigenvalue weighted by Gasteiger charge is -2.32. The van der Waals surface area contributed by atoms with Crippen LogP contribution in [0, 0.1) is 18.7 Å². The maximum Gasteiger partial charge on any atom is 0.166 e. The molecule has 1 atom stereocenters. The number of aryl methyl sites for hydroxylation is 1. The molecule has 1 fully saturated rings. The maximum absolute atomic E-state index is 13.0. The second kappa shape index (κ2) is 7.89. The first-order valence-corrected chi connectivity index (χ1v) is 8.79. The summed E-state index contributed by atoms with van der Waals surface area (Å²) in [7, 11) is 0. The van der Waals surface area contributed by atoms with Crippen molar-refractivity contribution >= 4 is 5.78 Å². The Balaban J connectivity index is 1.53. The predicted octanol–water partition coefficient (Wildman–Crippen LogP) is 3.76. The molecular weight excluding hydrogens is 317 g/mol. The SMILES string of the molecule is Cc1cccc(C(O)CN2CCC(C(=O)c3ccc(F)cc3)CC2)c1. The fraction of sp³-hybridized carbons (Fsp3) is 0.381. The molecule has 0 spiro atoms. The third-order valence-corrected chi connectivity index (χ3v) is 4.95. The molecule has 3 rings (SSSR count). The summed E-state index contributed by atoms with van der Waals surface area (Å²) in [5, 5.41) is 10.4. The standard InChI is InChI=1S/C21H24FNO2/c1-15-3-2-4-18(13-15)20(24)14-23-11-9-17(10-12-23)21(25)16-5-7-19(22)8-6-16/h2-8,13,17,20,24H,9-12,14H2,1H3. The first-order valence-electron chi connectivity index (χ1n) is 8.79. The highest BCUT2D eigenvalue weighted by Gasteiger charge is 2.26. The molecule has 1 saturated heterocycles. The fourth-order valence-electron chi connectivity index (χ4n) is 3.45. The van der Waals surface area contributed by atoms with Crippen molar-refractivity contribution in [2.45, 2.75) is 25.9 Å². The molecule has 3 nitrogen and oxygen atoms in total. The molecule has 1 aliphatic rings. The number of carbonyl (C=O) groups is 1. The highest BCUT2D eigenvalue weighted by molar-refractivity contribution is 5.97. The highest BCUT2D eigenvalue weighted by Crippen LogP contribution is 2.24. The zero-order chi connectivity index (χ0) is 17.8. The van der Waals surface area contributed by atoms with Gasteiger partial charge in [-0.05, 0) is 62.7 Å². The zero-order valence-electron chi connectivity index (χ0n) is 14.5. The van der Waals surface area contributed by atoms with Gasteiger partial charge in [0.05, 0.1) is 6.10 Å². The summed E-state index contributed by atoms with van der Waals surface area (Å²) in [5.74, 6) is -0.242. The number of rotatable bonds is 5. The van der Waals surface area contributed by atoms with E-state index in [1.807, 2.05) is 31.2 Å². The molecular formula is C21H24FNO2. The van der Waals surface area contributed by atoms with E-state index in [9.17, 15) is 14.3 Å². The molecule has 132 valence electrons. The number of benzene rings is 2. The molecule has 4 heteroatoms. The number of piperidine rings is 1. The molecule has 25 heavy (non-hydrogen) atoms. The molecule has 0 saturated carbocycles. The van der Waals surface area contributed by atoms with E-state index in [0.717, 1.165) is 37.1 Å². The second-order valence-electron chi connectivity index (χ2n) is 6.88. The first kappa shape index (κ1) is 17.8. The van der Waals surface area contributed by atoms with Crippen molar-refractivity contribution in [1.82, 2.24) is 4.90 Å². The molecule has 0 bridgehead atoms. The smallest absolute Gasteiger partial charge is 0.166 e. The molecule has 0 aromatic heterocycles. The summed E-state index contributed by atoms with van der Waals surface area (Å²) >= 11 is 0. The summed E-state index contributed by atoms with van der Waals surface area (Å²) in [6.45, 7) is 4.19. The number of ketones is 1. The van der Waals surface area contributed by atoms with Crippen LogP contribution < -0.4 is 0 Å². The molecule has 0 amide bonds. The molecule has 0 aliphatic carbocycles. The summed E-state index contributed by atoms with van der Waals surface area (Å²) in [5.41, 5.74) is 2.66. The Morgan fingerprint density at radius 3 is 2.52 bits per heavy atom. The number of β-amino-alcohol motifs (C(OH)–C–C–N with tert-alkyl or cyclic N) is 1. The van der Waals surface area contributed by atoms with E-state index in [-0.39, 0.29) is 17.5 Å². The average molecular weight is 341 g/mol. The van der Waals surface area contributed by atoms with Crippen LogP contribution in [0.4, 0.5) is 4.39 Å². The Bertz CT molecular complexity index is 721. The lowest BCUT2D eigenvalue weighted by Crippen LogP contribution is -2.38. The third kappa shape index (κ3) is 4.53. The number of Topliss-reactive ketones (excluding diaryl/α,β-unsaturated/α-hetero) is 1. The number of nitrogens with zero attached hydrogens (tertiary/aromatic N) is 1. The van der Waals surface area contributed by atoms with Crippen molar-refractivity contribution in [3.05, 3.63) is 71.0 Å². The number of likely N-dealkylation sites (tertiary alicyclic amines) is 1. The number of aliphatic hydroxyl groups is 1. The predicted molar refractivity (Wildman–Crippen MR) is 96.0 cm³/mol. The van der Waals surface area contributed by atoms with Gasteiger partial charge in [0.25, 0.3) is 0 Å². The van der Waals surface area contributed by atoms with Crippen molar-refractivity contribution in [3.63, 3.8) is 0 Å². The van der Waals surface area contributed by atoms with Crippen molar-refractivity contribution in [2.24, 2.45) is 5.92 Å². The van der Waals surface area contributed by atoms with E-state index >= 15 is 0 Å². The number of hydrogen-bond acceptors (Lipinski definition) is 3. The number of carbonyl (C=O) groups excluding carboxylic acids is 1. The van der Waals surface area contributed by atoms with E-state index in [1.165, 1.54) is 12.1 Å². The van der Waals surface area contributed by atoms with E-state index in [0.29, 0.717) is 12.1 Å². The lowest BCUT2D eigenvalue weighted by molar-refractivity contribution is 0.0727. The Hall–Kier alpha value is -2.04. The molecule has 1 N–H and O–H groups in total. The van der Waals surface area contributed by atoms with Crippen molar-refractivity contribution < 1.29 is 14.3 Å². The Kier molecular flexibility index (Phi) is 5.61. The first-order chi connectivity index (χ1) is 12.0. The van der Waals surface area contributed by atoms with Gasteiger partial charge in [-0.1, -0.05) is 29.8 Å². The van der Waals surface area contributed by atoms with Crippen LogP contribution in [0.1, 0.15) is 40.4 Å². The second-order valence-corrected chi connectivity index (χ2v) is 6.88. The zero-order valence-corrected chi connectivity index (χ0v) is 14.5. The van der Waals surface area contributed by atoms with Gasteiger partial charge in [0.15, 0.2) is 5.78 Å². The normalized spacial score (nSPS) is 17.4. The van der Waals surface area contributed by atoms with Crippen LogP contribution in [-0.4, -0.2) is 35.4 Å². The minimum Gasteiger partial charge on any atom is -0.387 e. The van der Waals surface area contributed by atoms with E-state index in [4.69, 9.17) is 0 Å². The third-order valence-electron chi connectivity index (χ3n) is 4.95. The van der Waals surface area contributed by atoms with Gasteiger partial charge in [0.2, 0.25) is 0 Å². The van der Waals surface area contributed by atoms with Crippen molar-refractivity contribution in [2.75, 3.05) is 19.6 Å². The van der Waals surface area contributed by atoms with Gasteiger partial charge in [0.1, 0.15) is 5.82 Å². The van der Waals surface area contributed by atoms with Crippen LogP contribution in [-0.2, 0) is 0 Å². The van der Waals surface area contributed by atoms with Gasteiger partial charge < -0.3 is 10.0 Å². The van der Waals surface area contributed by atoms with Gasteiger partial charge in [-0.25, -0.2) is 4.39 Å². The van der Waals surface area contributed by atoms with Crippen LogP contribution in [0.15, 0.2) is 48.5 Å². The van der Waals surface area contributed by atoms with E-state index in [2.05, 4.69) is 4.90 Å². The molecule has 2 aromatic carbocycles. The van der Waals surface area contributed by atoms with Gasteiger partial charge in [-0.15, -0.1) is 0 Å². The average Bonchev–Trinajstić information content (AvgIpc) is 2.62. The minimum absolute atomic E-state index is 0.0159. The number of aliphatic hydroxyl groups excluding tert-OH is 1. The van der Waals surface area contributed by atoms with Crippen LogP contribution in [0.3, 0.4) is 0 Å². The maximum atomic E-state index is 13.0. The topological polar surface area (TPSA) is 40.5 Å². The minimum atomic E-state index is -0.510. The molecule has 1 heterocycles. The number of hydrogen-bond donors (Lipinski definition) is 1. The quantitative estimate of drug-likeness (QED) is 0.842. The van der Waals surface area contributed by atoms with Crippen LogP contribution >= 0.6 is 0 Å². The Morgan fingerprint density at radius 1 is 1.20 bits per heavy atom. The summed E-state index contributed by atoms with van der Waals surface area (Å²) in [4.78, 5) is 14.7. The fourth-order valence-corrected chi connectivity index (χ4v) is 3.45. The summed E-state index contributed by atoms with van der Waals surface area (Å²) < 4.78 is 13.0. The Morgan fingerprint density at radius 2 is 1.88 bits per heavy atom. The summed E-state index contributed by atoms with van der Waals surface area (Å²) in [6.07, 6.45) is 1.04. The molecule has 0 radical (unpaired) electrons. The Labute approximate surface area is 148 Å². The van der Waals surface area contributed by atoms with Gasteiger partial charge >= 0.3 is 0 Å². The highest BCUT2D eigenvalue weighted by atomic mass is 19.1. The molecule has 1 aliphatic heterocycles. The summed E-state index contributed by atoms with van der Waals surface area (Å²) in [6, 6.07) is 13.7. The monoisotopic (exact) mass is 341 g/mol. The van der Waals surface area contributed by atoms with Gasteiger partial charge in [-0.3, -0.25) is 4.79 Å². The van der Waals surface area contributed by atoms with Crippen molar-refractivity contribution in [3.8, 4) is 0 Å².